The maximum absolute atomic E-state index is 11.8. The van der Waals surface area contributed by atoms with Crippen LogP contribution >= 0.6 is 12.2 Å². The Morgan fingerprint density at radius 1 is 1.35 bits per heavy atom. The highest BCUT2D eigenvalue weighted by molar-refractivity contribution is 7.80. The van der Waals surface area contributed by atoms with Gasteiger partial charge in [-0.1, -0.05) is 0 Å². The fourth-order valence-corrected chi connectivity index (χ4v) is 1.22. The van der Waals surface area contributed by atoms with E-state index >= 15 is 0 Å². The maximum Gasteiger partial charge on any atom is 0.269 e. The molecule has 0 aliphatic heterocycles. The summed E-state index contributed by atoms with van der Waals surface area (Å²) in [5.74, 6) is 0.480. The third kappa shape index (κ3) is 3.60. The van der Waals surface area contributed by atoms with Crippen molar-refractivity contribution < 1.29 is 9.53 Å². The molecular formula is C11H15N3O2S. The average molecular weight is 253 g/mol. The fourth-order valence-electron chi connectivity index (χ4n) is 1.18. The van der Waals surface area contributed by atoms with Gasteiger partial charge >= 0.3 is 0 Å². The Morgan fingerprint density at radius 2 is 1.94 bits per heavy atom. The van der Waals surface area contributed by atoms with E-state index < -0.39 is 0 Å². The van der Waals surface area contributed by atoms with E-state index in [4.69, 9.17) is 17.0 Å². The molecule has 5 nitrogen and oxygen atoms in total. The molecule has 1 amide bonds. The summed E-state index contributed by atoms with van der Waals surface area (Å²) in [5.41, 5.74) is 3.17. The smallest absolute Gasteiger partial charge is 0.269 e. The van der Waals surface area contributed by atoms with Crippen molar-refractivity contribution in [1.29, 1.82) is 0 Å². The van der Waals surface area contributed by atoms with Crippen LogP contribution in [0.15, 0.2) is 24.3 Å². The van der Waals surface area contributed by atoms with E-state index in [0.717, 1.165) is 0 Å². The van der Waals surface area contributed by atoms with Crippen LogP contribution in [0.3, 0.4) is 0 Å². The number of amides is 1. The Labute approximate surface area is 106 Å². The van der Waals surface area contributed by atoms with Gasteiger partial charge in [0.25, 0.3) is 5.91 Å². The highest BCUT2D eigenvalue weighted by Crippen LogP contribution is 2.11. The standard InChI is InChI=1S/C11H15N3O2S/c1-12-11(17)14(2)13-10(15)8-4-6-9(16-3)7-5-8/h4-7H,1-3H3,(H,12,17)(H,13,15). The summed E-state index contributed by atoms with van der Waals surface area (Å²) < 4.78 is 5.01. The van der Waals surface area contributed by atoms with Crippen LogP contribution < -0.4 is 15.5 Å². The van der Waals surface area contributed by atoms with Crippen LogP contribution in [-0.2, 0) is 0 Å². The molecule has 0 saturated heterocycles. The van der Waals surface area contributed by atoms with Crippen molar-refractivity contribution in [2.24, 2.45) is 0 Å². The van der Waals surface area contributed by atoms with E-state index in [9.17, 15) is 4.79 Å². The number of nitrogens with one attached hydrogen (secondary N) is 2. The van der Waals surface area contributed by atoms with Crippen LogP contribution in [0.4, 0.5) is 0 Å². The third-order valence-corrected chi connectivity index (χ3v) is 2.62. The normalized spacial score (nSPS) is 9.35. The minimum Gasteiger partial charge on any atom is -0.497 e. The minimum atomic E-state index is -0.229. The van der Waals surface area contributed by atoms with Crippen LogP contribution in [0.5, 0.6) is 5.75 Å². The van der Waals surface area contributed by atoms with Crippen molar-refractivity contribution in [3.05, 3.63) is 29.8 Å². The quantitative estimate of drug-likeness (QED) is 0.602. The second kappa shape index (κ2) is 6.05. The first-order valence-corrected chi connectivity index (χ1v) is 5.39. The van der Waals surface area contributed by atoms with Crippen molar-refractivity contribution in [3.8, 4) is 5.75 Å². The van der Waals surface area contributed by atoms with Gasteiger partial charge in [0, 0.05) is 19.7 Å². The lowest BCUT2D eigenvalue weighted by Crippen LogP contribution is -2.47. The van der Waals surface area contributed by atoms with Gasteiger partial charge in [-0.15, -0.1) is 0 Å². The summed E-state index contributed by atoms with van der Waals surface area (Å²) in [7, 11) is 4.94. The Hall–Kier alpha value is -1.82. The molecule has 0 aliphatic rings. The van der Waals surface area contributed by atoms with E-state index in [-0.39, 0.29) is 5.91 Å². The average Bonchev–Trinajstić information content (AvgIpc) is 2.37. The second-order valence-corrected chi connectivity index (χ2v) is 3.67. The van der Waals surface area contributed by atoms with Gasteiger partial charge < -0.3 is 10.1 Å². The van der Waals surface area contributed by atoms with Crippen molar-refractivity contribution in [3.63, 3.8) is 0 Å². The summed E-state index contributed by atoms with van der Waals surface area (Å²) in [6.45, 7) is 0. The molecule has 1 aromatic carbocycles. The Morgan fingerprint density at radius 3 is 2.41 bits per heavy atom. The molecule has 0 saturated carbocycles. The number of methoxy groups -OCH3 is 1. The highest BCUT2D eigenvalue weighted by Gasteiger charge is 2.09. The Bertz CT molecular complexity index is 406. The van der Waals surface area contributed by atoms with Gasteiger partial charge in [0.05, 0.1) is 7.11 Å². The Kier molecular flexibility index (Phi) is 4.71. The number of carbonyl (C=O) groups excluding carboxylic acids is 1. The molecule has 6 heteroatoms. The minimum absolute atomic E-state index is 0.229. The lowest BCUT2D eigenvalue weighted by atomic mass is 10.2. The van der Waals surface area contributed by atoms with Gasteiger partial charge in [-0.05, 0) is 36.5 Å². The second-order valence-electron chi connectivity index (χ2n) is 3.28. The van der Waals surface area contributed by atoms with Gasteiger partial charge in [-0.3, -0.25) is 15.2 Å². The first-order chi connectivity index (χ1) is 8.08. The number of hydrogen-bond acceptors (Lipinski definition) is 3. The van der Waals surface area contributed by atoms with Gasteiger partial charge in [-0.25, -0.2) is 0 Å². The molecule has 0 aromatic heterocycles. The summed E-state index contributed by atoms with van der Waals surface area (Å²) in [6, 6.07) is 6.82. The highest BCUT2D eigenvalue weighted by atomic mass is 32.1. The number of hydrogen-bond donors (Lipinski definition) is 2. The van der Waals surface area contributed by atoms with Crippen molar-refractivity contribution in [2.45, 2.75) is 0 Å². The number of nitrogens with zero attached hydrogens (tertiary/aromatic N) is 1. The Balaban J connectivity index is 2.66. The SMILES string of the molecule is CNC(=S)N(C)NC(=O)c1ccc(OC)cc1. The number of ether oxygens (including phenoxy) is 1. The third-order valence-electron chi connectivity index (χ3n) is 2.14. The van der Waals surface area contributed by atoms with Crippen LogP contribution in [0.2, 0.25) is 0 Å². The summed E-state index contributed by atoms with van der Waals surface area (Å²) in [5, 5.41) is 4.65. The number of benzene rings is 1. The van der Waals surface area contributed by atoms with Crippen LogP contribution in [0.25, 0.3) is 0 Å². The zero-order chi connectivity index (χ0) is 12.8. The molecule has 2 N–H and O–H groups in total. The zero-order valence-electron chi connectivity index (χ0n) is 9.98. The van der Waals surface area contributed by atoms with Gasteiger partial charge in [0.15, 0.2) is 5.11 Å². The lowest BCUT2D eigenvalue weighted by Gasteiger charge is -2.20. The van der Waals surface area contributed by atoms with Crippen molar-refractivity contribution >= 4 is 23.2 Å². The molecule has 1 aromatic rings. The molecule has 1 rings (SSSR count). The summed E-state index contributed by atoms with van der Waals surface area (Å²) in [4.78, 5) is 11.8. The zero-order valence-corrected chi connectivity index (χ0v) is 10.8. The van der Waals surface area contributed by atoms with Crippen LogP contribution in [0.1, 0.15) is 10.4 Å². The fraction of sp³-hybridized carbons (Fsp3) is 0.273. The molecule has 0 bridgehead atoms. The number of carbonyl (C=O) groups is 1. The van der Waals surface area contributed by atoms with E-state index in [1.165, 1.54) is 5.01 Å². The molecule has 17 heavy (non-hydrogen) atoms. The molecular weight excluding hydrogens is 238 g/mol. The number of thiocarbonyl (C=S) groups is 1. The largest absolute Gasteiger partial charge is 0.497 e. The number of hydrazine groups is 1. The molecule has 0 spiro atoms. The molecule has 0 aliphatic carbocycles. The van der Waals surface area contributed by atoms with E-state index in [1.807, 2.05) is 0 Å². The van der Waals surface area contributed by atoms with Gasteiger partial charge in [-0.2, -0.15) is 0 Å². The van der Waals surface area contributed by atoms with E-state index in [2.05, 4.69) is 10.7 Å². The molecule has 0 unspecified atom stereocenters. The monoisotopic (exact) mass is 253 g/mol. The molecule has 92 valence electrons. The topological polar surface area (TPSA) is 53.6 Å². The van der Waals surface area contributed by atoms with Crippen molar-refractivity contribution in [2.75, 3.05) is 21.2 Å². The number of rotatable bonds is 2. The predicted octanol–water partition coefficient (Wildman–Crippen LogP) is 0.776. The van der Waals surface area contributed by atoms with E-state index in [1.54, 1.807) is 45.5 Å². The predicted molar refractivity (Wildman–Crippen MR) is 69.9 cm³/mol. The molecule has 0 fully saturated rings. The summed E-state index contributed by atoms with van der Waals surface area (Å²) >= 11 is 4.97. The molecule has 0 atom stereocenters. The van der Waals surface area contributed by atoms with E-state index in [0.29, 0.717) is 16.4 Å². The molecule has 0 heterocycles. The van der Waals surface area contributed by atoms with Gasteiger partial charge in [0.1, 0.15) is 5.75 Å². The van der Waals surface area contributed by atoms with Crippen LogP contribution in [0, 0.1) is 0 Å². The summed E-state index contributed by atoms with van der Waals surface area (Å²) in [6.07, 6.45) is 0. The van der Waals surface area contributed by atoms with Crippen molar-refractivity contribution in [1.82, 2.24) is 15.8 Å². The van der Waals surface area contributed by atoms with Gasteiger partial charge in [0.2, 0.25) is 0 Å². The molecule has 0 radical (unpaired) electrons. The maximum atomic E-state index is 11.8. The first kappa shape index (κ1) is 13.2. The lowest BCUT2D eigenvalue weighted by molar-refractivity contribution is 0.0886. The first-order valence-electron chi connectivity index (χ1n) is 4.99. The van der Waals surface area contributed by atoms with Crippen LogP contribution in [-0.4, -0.2) is 37.2 Å².